The van der Waals surface area contributed by atoms with Crippen LogP contribution in [-0.4, -0.2) is 22.3 Å². The van der Waals surface area contributed by atoms with Crippen LogP contribution in [0.2, 0.25) is 0 Å². The second kappa shape index (κ2) is 6.58. The van der Waals surface area contributed by atoms with Crippen molar-refractivity contribution in [1.82, 2.24) is 9.88 Å². The molecule has 1 aliphatic rings. The molecule has 1 N–H and O–H groups in total. The Kier molecular flexibility index (Phi) is 4.34. The van der Waals surface area contributed by atoms with Gasteiger partial charge in [0.25, 0.3) is 0 Å². The van der Waals surface area contributed by atoms with Crippen LogP contribution < -0.4 is 0 Å². The van der Waals surface area contributed by atoms with Gasteiger partial charge in [0, 0.05) is 35.6 Å². The van der Waals surface area contributed by atoms with E-state index >= 15 is 0 Å². The number of hydrogen-bond acceptors (Lipinski definition) is 1. The molecule has 3 heteroatoms. The number of hydrogen-bond donors (Lipinski definition) is 1. The monoisotopic (exact) mass is 304 g/mol. The number of nitrogens with zero attached hydrogens (tertiary/aromatic N) is 1. The van der Waals surface area contributed by atoms with Crippen LogP contribution in [0.4, 0.5) is 0 Å². The number of fused-ring (bicyclic) bond motifs is 3. The Bertz CT molecular complexity index is 807. The zero-order valence-electron chi connectivity index (χ0n) is 13.1. The van der Waals surface area contributed by atoms with Gasteiger partial charge in [-0.2, -0.15) is 0 Å². The summed E-state index contributed by atoms with van der Waals surface area (Å²) in [5, 5.41) is 1.25. The van der Waals surface area contributed by atoms with Crippen LogP contribution in [0, 0.1) is 12.3 Å². The molecule has 0 bridgehead atoms. The standard InChI is InChI=1S/C20H20N2O/c1-3-5-11-18-20-16(15-9-7-8-10-17(15)21-20)13-14-22(18)19(23)12-6-4-2/h1,4,6-10,12,18,21H,2,5,11,13-14H2/b12-6-. The Hall–Kier alpha value is -2.73. The number of allylic oxidation sites excluding steroid dienone is 2. The van der Waals surface area contributed by atoms with Gasteiger partial charge in [0.2, 0.25) is 5.91 Å². The van der Waals surface area contributed by atoms with Crippen molar-refractivity contribution in [2.75, 3.05) is 6.54 Å². The fraction of sp³-hybridized carbons (Fsp3) is 0.250. The van der Waals surface area contributed by atoms with Gasteiger partial charge in [-0.05, 0) is 24.5 Å². The third-order valence-corrected chi connectivity index (χ3v) is 4.38. The number of terminal acetylenes is 1. The Morgan fingerprint density at radius 3 is 3.09 bits per heavy atom. The number of para-hydroxylation sites is 1. The van der Waals surface area contributed by atoms with E-state index in [9.17, 15) is 4.79 Å². The fourth-order valence-electron chi connectivity index (χ4n) is 3.35. The quantitative estimate of drug-likeness (QED) is 0.521. The predicted molar refractivity (Wildman–Crippen MR) is 93.9 cm³/mol. The maximum atomic E-state index is 12.5. The molecule has 3 rings (SSSR count). The van der Waals surface area contributed by atoms with Crippen LogP contribution in [-0.2, 0) is 11.2 Å². The van der Waals surface area contributed by atoms with E-state index in [4.69, 9.17) is 6.42 Å². The Labute approximate surface area is 136 Å². The number of aromatic nitrogens is 1. The lowest BCUT2D eigenvalue weighted by Gasteiger charge is -2.35. The van der Waals surface area contributed by atoms with Gasteiger partial charge < -0.3 is 9.88 Å². The van der Waals surface area contributed by atoms with Gasteiger partial charge in [0.05, 0.1) is 6.04 Å². The number of H-pyrrole nitrogens is 1. The molecule has 0 saturated heterocycles. The normalized spacial score (nSPS) is 17.2. The average molecular weight is 304 g/mol. The van der Waals surface area contributed by atoms with Gasteiger partial charge in [-0.3, -0.25) is 4.79 Å². The zero-order valence-corrected chi connectivity index (χ0v) is 13.1. The average Bonchev–Trinajstić information content (AvgIpc) is 2.96. The third-order valence-electron chi connectivity index (χ3n) is 4.38. The summed E-state index contributed by atoms with van der Waals surface area (Å²) in [6.07, 6.45) is 12.6. The highest BCUT2D eigenvalue weighted by atomic mass is 16.2. The number of aromatic amines is 1. The SMILES string of the molecule is C#CCCC1c2[nH]c3ccccc3c2CCN1C(=O)/C=C\C=C. The van der Waals surface area contributed by atoms with Crippen molar-refractivity contribution < 1.29 is 4.79 Å². The lowest BCUT2D eigenvalue weighted by Crippen LogP contribution is -2.39. The summed E-state index contributed by atoms with van der Waals surface area (Å²) in [5.41, 5.74) is 3.58. The maximum absolute atomic E-state index is 12.5. The molecule has 2 heterocycles. The molecule has 1 unspecified atom stereocenters. The van der Waals surface area contributed by atoms with Crippen molar-refractivity contribution in [3.63, 3.8) is 0 Å². The van der Waals surface area contributed by atoms with Gasteiger partial charge in [-0.15, -0.1) is 12.3 Å². The number of carbonyl (C=O) groups excluding carboxylic acids is 1. The summed E-state index contributed by atoms with van der Waals surface area (Å²) in [7, 11) is 0. The summed E-state index contributed by atoms with van der Waals surface area (Å²) >= 11 is 0. The molecule has 0 fully saturated rings. The number of benzene rings is 1. The van der Waals surface area contributed by atoms with Gasteiger partial charge in [-0.25, -0.2) is 0 Å². The largest absolute Gasteiger partial charge is 0.356 e. The molecule has 23 heavy (non-hydrogen) atoms. The van der Waals surface area contributed by atoms with Crippen molar-refractivity contribution in [2.24, 2.45) is 0 Å². The highest BCUT2D eigenvalue weighted by Gasteiger charge is 2.31. The smallest absolute Gasteiger partial charge is 0.247 e. The van der Waals surface area contributed by atoms with Crippen LogP contribution in [0.25, 0.3) is 10.9 Å². The minimum Gasteiger partial charge on any atom is -0.356 e. The molecular weight excluding hydrogens is 284 g/mol. The van der Waals surface area contributed by atoms with Gasteiger partial charge in [0.1, 0.15) is 0 Å². The first-order valence-electron chi connectivity index (χ1n) is 7.89. The molecule has 1 atom stereocenters. The molecule has 2 aromatic rings. The number of carbonyl (C=O) groups is 1. The third kappa shape index (κ3) is 2.80. The molecule has 0 spiro atoms. The molecule has 0 saturated carbocycles. The van der Waals surface area contributed by atoms with Crippen LogP contribution in [0.1, 0.15) is 30.1 Å². The Morgan fingerprint density at radius 1 is 1.48 bits per heavy atom. The highest BCUT2D eigenvalue weighted by molar-refractivity contribution is 5.90. The predicted octanol–water partition coefficient (Wildman–Crippen LogP) is 3.75. The number of rotatable bonds is 4. The lowest BCUT2D eigenvalue weighted by atomic mass is 9.94. The molecule has 1 aromatic heterocycles. The van der Waals surface area contributed by atoms with E-state index < -0.39 is 0 Å². The molecule has 0 radical (unpaired) electrons. The van der Waals surface area contributed by atoms with Crippen molar-refractivity contribution in [3.05, 3.63) is 60.3 Å². The summed E-state index contributed by atoms with van der Waals surface area (Å²) < 4.78 is 0. The number of amides is 1. The van der Waals surface area contributed by atoms with Crippen LogP contribution in [0.5, 0.6) is 0 Å². The van der Waals surface area contributed by atoms with Crippen molar-refractivity contribution in [3.8, 4) is 12.3 Å². The molecule has 1 aromatic carbocycles. The first kappa shape index (κ1) is 15.2. The summed E-state index contributed by atoms with van der Waals surface area (Å²) in [5.74, 6) is 2.71. The van der Waals surface area contributed by atoms with E-state index in [1.54, 1.807) is 18.2 Å². The lowest BCUT2D eigenvalue weighted by molar-refractivity contribution is -0.129. The Balaban J connectivity index is 2.02. The van der Waals surface area contributed by atoms with E-state index in [0.29, 0.717) is 13.0 Å². The van der Waals surface area contributed by atoms with Crippen LogP contribution in [0.3, 0.4) is 0 Å². The maximum Gasteiger partial charge on any atom is 0.247 e. The molecule has 3 nitrogen and oxygen atoms in total. The summed E-state index contributed by atoms with van der Waals surface area (Å²) in [4.78, 5) is 17.9. The van der Waals surface area contributed by atoms with Crippen LogP contribution in [0.15, 0.2) is 49.1 Å². The molecular formula is C20H20N2O. The van der Waals surface area contributed by atoms with Gasteiger partial charge in [0.15, 0.2) is 0 Å². The molecule has 116 valence electrons. The first-order valence-corrected chi connectivity index (χ1v) is 7.89. The molecule has 0 aliphatic carbocycles. The van der Waals surface area contributed by atoms with Crippen molar-refractivity contribution in [2.45, 2.75) is 25.3 Å². The summed E-state index contributed by atoms with van der Waals surface area (Å²) in [6.45, 7) is 4.33. The summed E-state index contributed by atoms with van der Waals surface area (Å²) in [6, 6.07) is 8.30. The van der Waals surface area contributed by atoms with E-state index in [1.807, 2.05) is 11.0 Å². The fourth-order valence-corrected chi connectivity index (χ4v) is 3.35. The first-order chi connectivity index (χ1) is 11.3. The minimum atomic E-state index is 0.00386. The minimum absolute atomic E-state index is 0.00386. The second-order valence-electron chi connectivity index (χ2n) is 5.70. The molecule has 1 amide bonds. The second-order valence-corrected chi connectivity index (χ2v) is 5.70. The highest BCUT2D eigenvalue weighted by Crippen LogP contribution is 2.36. The number of nitrogens with one attached hydrogen (secondary N) is 1. The van der Waals surface area contributed by atoms with E-state index in [0.717, 1.165) is 24.1 Å². The van der Waals surface area contributed by atoms with E-state index in [-0.39, 0.29) is 11.9 Å². The van der Waals surface area contributed by atoms with E-state index in [1.165, 1.54) is 10.9 Å². The molecule has 1 aliphatic heterocycles. The van der Waals surface area contributed by atoms with Gasteiger partial charge >= 0.3 is 0 Å². The zero-order chi connectivity index (χ0) is 16.2. The Morgan fingerprint density at radius 2 is 2.30 bits per heavy atom. The van der Waals surface area contributed by atoms with Crippen molar-refractivity contribution >= 4 is 16.8 Å². The van der Waals surface area contributed by atoms with Crippen LogP contribution >= 0.6 is 0 Å². The van der Waals surface area contributed by atoms with Gasteiger partial charge in [-0.1, -0.05) is 36.9 Å². The van der Waals surface area contributed by atoms with E-state index in [2.05, 4.69) is 35.7 Å². The van der Waals surface area contributed by atoms with Crippen molar-refractivity contribution in [1.29, 1.82) is 0 Å². The topological polar surface area (TPSA) is 36.1 Å².